The standard InChI is InChI=1S/C19H25N3O/c1-2-16-13-22(19(23)17-6-7-17)9-8-18(16)21-12-15-5-3-4-14(10-15)11-20/h3-5,10,16-18,21H,2,6-9,12-13H2,1H3. The molecule has 1 aromatic rings. The Kier molecular flexibility index (Phi) is 4.97. The predicted octanol–water partition coefficient (Wildman–Crippen LogP) is 2.68. The summed E-state index contributed by atoms with van der Waals surface area (Å²) < 4.78 is 0. The maximum absolute atomic E-state index is 12.3. The second kappa shape index (κ2) is 7.14. The zero-order valence-corrected chi connectivity index (χ0v) is 13.8. The molecule has 23 heavy (non-hydrogen) atoms. The van der Waals surface area contributed by atoms with E-state index >= 15 is 0 Å². The molecule has 1 aromatic carbocycles. The monoisotopic (exact) mass is 311 g/mol. The van der Waals surface area contributed by atoms with Gasteiger partial charge in [-0.05, 0) is 42.9 Å². The third-order valence-electron chi connectivity index (χ3n) is 5.12. The summed E-state index contributed by atoms with van der Waals surface area (Å²) in [5.41, 5.74) is 1.86. The van der Waals surface area contributed by atoms with Gasteiger partial charge in [-0.3, -0.25) is 4.79 Å². The van der Waals surface area contributed by atoms with Crippen LogP contribution in [0.1, 0.15) is 43.7 Å². The van der Waals surface area contributed by atoms with E-state index in [0.717, 1.165) is 50.9 Å². The summed E-state index contributed by atoms with van der Waals surface area (Å²) in [6.45, 7) is 4.76. The summed E-state index contributed by atoms with van der Waals surface area (Å²) >= 11 is 0. The highest BCUT2D eigenvalue weighted by atomic mass is 16.2. The molecule has 1 saturated heterocycles. The van der Waals surface area contributed by atoms with Crippen LogP contribution in [-0.4, -0.2) is 29.9 Å². The molecule has 1 aliphatic carbocycles. The first kappa shape index (κ1) is 16.0. The molecule has 2 atom stereocenters. The topological polar surface area (TPSA) is 56.1 Å². The van der Waals surface area contributed by atoms with E-state index in [1.165, 1.54) is 0 Å². The van der Waals surface area contributed by atoms with Crippen molar-refractivity contribution in [3.63, 3.8) is 0 Å². The van der Waals surface area contributed by atoms with Crippen LogP contribution in [0.4, 0.5) is 0 Å². The maximum Gasteiger partial charge on any atom is 0.225 e. The van der Waals surface area contributed by atoms with Crippen molar-refractivity contribution in [3.8, 4) is 6.07 Å². The Balaban J connectivity index is 1.55. The van der Waals surface area contributed by atoms with Crippen LogP contribution >= 0.6 is 0 Å². The van der Waals surface area contributed by atoms with Gasteiger partial charge in [0.05, 0.1) is 11.6 Å². The number of nitrogens with one attached hydrogen (secondary N) is 1. The normalized spacial score (nSPS) is 24.3. The summed E-state index contributed by atoms with van der Waals surface area (Å²) in [6.07, 6.45) is 4.28. The van der Waals surface area contributed by atoms with Crippen LogP contribution in [0.3, 0.4) is 0 Å². The van der Waals surface area contributed by atoms with Gasteiger partial charge in [0, 0.05) is 31.6 Å². The molecule has 122 valence electrons. The Morgan fingerprint density at radius 1 is 1.39 bits per heavy atom. The molecule has 2 unspecified atom stereocenters. The van der Waals surface area contributed by atoms with Crippen molar-refractivity contribution >= 4 is 5.91 Å². The van der Waals surface area contributed by atoms with Crippen LogP contribution in [-0.2, 0) is 11.3 Å². The average Bonchev–Trinajstić information content (AvgIpc) is 3.44. The van der Waals surface area contributed by atoms with Crippen LogP contribution in [0.5, 0.6) is 0 Å². The van der Waals surface area contributed by atoms with Crippen LogP contribution in [0.2, 0.25) is 0 Å². The van der Waals surface area contributed by atoms with Crippen LogP contribution < -0.4 is 5.32 Å². The van der Waals surface area contributed by atoms with E-state index < -0.39 is 0 Å². The molecule has 1 saturated carbocycles. The van der Waals surface area contributed by atoms with Gasteiger partial charge in [-0.2, -0.15) is 5.26 Å². The van der Waals surface area contributed by atoms with Crippen LogP contribution in [0.25, 0.3) is 0 Å². The van der Waals surface area contributed by atoms with Crippen molar-refractivity contribution in [1.82, 2.24) is 10.2 Å². The summed E-state index contributed by atoms with van der Waals surface area (Å²) in [5, 5.41) is 12.6. The van der Waals surface area contributed by atoms with Crippen molar-refractivity contribution in [2.45, 2.75) is 45.2 Å². The molecule has 0 radical (unpaired) electrons. The molecule has 1 heterocycles. The van der Waals surface area contributed by atoms with Gasteiger partial charge in [0.2, 0.25) is 5.91 Å². The highest BCUT2D eigenvalue weighted by molar-refractivity contribution is 5.81. The smallest absolute Gasteiger partial charge is 0.225 e. The van der Waals surface area contributed by atoms with E-state index in [9.17, 15) is 4.79 Å². The molecule has 4 heteroatoms. The van der Waals surface area contributed by atoms with E-state index in [1.807, 2.05) is 18.2 Å². The van der Waals surface area contributed by atoms with Gasteiger partial charge in [0.15, 0.2) is 0 Å². The lowest BCUT2D eigenvalue weighted by molar-refractivity contribution is -0.134. The lowest BCUT2D eigenvalue weighted by Crippen LogP contribution is -2.51. The number of hydrogen-bond donors (Lipinski definition) is 1. The number of likely N-dealkylation sites (tertiary alicyclic amines) is 1. The molecule has 4 nitrogen and oxygen atoms in total. The number of hydrogen-bond acceptors (Lipinski definition) is 3. The fourth-order valence-electron chi connectivity index (χ4n) is 3.50. The van der Waals surface area contributed by atoms with E-state index in [4.69, 9.17) is 5.26 Å². The molecular weight excluding hydrogens is 286 g/mol. The molecule has 0 bridgehead atoms. The molecule has 2 fully saturated rings. The lowest BCUT2D eigenvalue weighted by Gasteiger charge is -2.39. The number of carbonyl (C=O) groups is 1. The van der Waals surface area contributed by atoms with Gasteiger partial charge in [0.25, 0.3) is 0 Å². The lowest BCUT2D eigenvalue weighted by atomic mass is 9.89. The van der Waals surface area contributed by atoms with Crippen LogP contribution in [0.15, 0.2) is 24.3 Å². The first-order valence-electron chi connectivity index (χ1n) is 8.72. The van der Waals surface area contributed by atoms with E-state index in [1.54, 1.807) is 0 Å². The van der Waals surface area contributed by atoms with Crippen molar-refractivity contribution in [1.29, 1.82) is 5.26 Å². The molecule has 1 aliphatic heterocycles. The molecule has 2 aliphatic rings. The van der Waals surface area contributed by atoms with Gasteiger partial charge in [-0.15, -0.1) is 0 Å². The number of amides is 1. The summed E-state index contributed by atoms with van der Waals surface area (Å²) in [5.74, 6) is 1.22. The Morgan fingerprint density at radius 3 is 2.91 bits per heavy atom. The number of nitrogens with zero attached hydrogens (tertiary/aromatic N) is 2. The molecule has 0 aromatic heterocycles. The van der Waals surface area contributed by atoms with Crippen molar-refractivity contribution < 1.29 is 4.79 Å². The minimum Gasteiger partial charge on any atom is -0.342 e. The third kappa shape index (κ3) is 3.92. The highest BCUT2D eigenvalue weighted by Crippen LogP contribution is 2.33. The number of carbonyl (C=O) groups excluding carboxylic acids is 1. The maximum atomic E-state index is 12.3. The Bertz CT molecular complexity index is 603. The molecule has 3 rings (SSSR count). The van der Waals surface area contributed by atoms with Gasteiger partial charge in [-0.1, -0.05) is 25.5 Å². The number of benzene rings is 1. The first-order valence-corrected chi connectivity index (χ1v) is 8.72. The van der Waals surface area contributed by atoms with E-state index in [2.05, 4.69) is 29.3 Å². The fourth-order valence-corrected chi connectivity index (χ4v) is 3.50. The average molecular weight is 311 g/mol. The second-order valence-electron chi connectivity index (χ2n) is 6.82. The SMILES string of the molecule is CCC1CN(C(=O)C2CC2)CCC1NCc1cccc(C#N)c1. The Labute approximate surface area is 138 Å². The zero-order chi connectivity index (χ0) is 16.2. The number of nitriles is 1. The molecule has 1 N–H and O–H groups in total. The Morgan fingerprint density at radius 2 is 2.22 bits per heavy atom. The predicted molar refractivity (Wildman–Crippen MR) is 89.5 cm³/mol. The molecule has 0 spiro atoms. The largest absolute Gasteiger partial charge is 0.342 e. The first-order chi connectivity index (χ1) is 11.2. The molecule has 1 amide bonds. The van der Waals surface area contributed by atoms with Crippen LogP contribution in [0, 0.1) is 23.2 Å². The minimum absolute atomic E-state index is 0.325. The van der Waals surface area contributed by atoms with Gasteiger partial charge in [0.1, 0.15) is 0 Å². The van der Waals surface area contributed by atoms with Gasteiger partial charge < -0.3 is 10.2 Å². The zero-order valence-electron chi connectivity index (χ0n) is 13.8. The van der Waals surface area contributed by atoms with Gasteiger partial charge in [-0.25, -0.2) is 0 Å². The molecular formula is C19H25N3O. The van der Waals surface area contributed by atoms with Crippen molar-refractivity contribution in [2.24, 2.45) is 11.8 Å². The Hall–Kier alpha value is -1.86. The van der Waals surface area contributed by atoms with E-state index in [0.29, 0.717) is 29.3 Å². The van der Waals surface area contributed by atoms with Gasteiger partial charge >= 0.3 is 0 Å². The summed E-state index contributed by atoms with van der Waals surface area (Å²) in [4.78, 5) is 14.3. The second-order valence-corrected chi connectivity index (χ2v) is 6.82. The minimum atomic E-state index is 0.325. The third-order valence-corrected chi connectivity index (χ3v) is 5.12. The van der Waals surface area contributed by atoms with Crippen molar-refractivity contribution in [3.05, 3.63) is 35.4 Å². The quantitative estimate of drug-likeness (QED) is 0.909. The fraction of sp³-hybridized carbons (Fsp3) is 0.579. The number of rotatable bonds is 5. The highest BCUT2D eigenvalue weighted by Gasteiger charge is 2.37. The number of piperidine rings is 1. The summed E-state index contributed by atoms with van der Waals surface area (Å²) in [7, 11) is 0. The summed E-state index contributed by atoms with van der Waals surface area (Å²) in [6, 6.07) is 10.4. The van der Waals surface area contributed by atoms with Crippen molar-refractivity contribution in [2.75, 3.05) is 13.1 Å². The van der Waals surface area contributed by atoms with E-state index in [-0.39, 0.29) is 0 Å².